The minimum Gasteiger partial charge on any atom is -0.301 e. The van der Waals surface area contributed by atoms with Crippen LogP contribution in [0.25, 0.3) is 0 Å². The highest BCUT2D eigenvalue weighted by molar-refractivity contribution is 7.15. The first-order valence-electron chi connectivity index (χ1n) is 9.79. The van der Waals surface area contributed by atoms with Gasteiger partial charge in [-0.05, 0) is 89.5 Å². The van der Waals surface area contributed by atoms with Crippen molar-refractivity contribution in [3.63, 3.8) is 0 Å². The van der Waals surface area contributed by atoms with Gasteiger partial charge in [-0.2, -0.15) is 0 Å². The second kappa shape index (κ2) is 6.34. The van der Waals surface area contributed by atoms with Gasteiger partial charge in [0.15, 0.2) is 5.13 Å². The molecule has 4 aliphatic carbocycles. The average Bonchev–Trinajstić information content (AvgIpc) is 2.82. The summed E-state index contributed by atoms with van der Waals surface area (Å²) >= 11 is 1.57. The Balaban J connectivity index is 1.38. The van der Waals surface area contributed by atoms with Crippen LogP contribution in [-0.2, 0) is 4.79 Å². The van der Waals surface area contributed by atoms with Gasteiger partial charge in [0.2, 0.25) is 5.91 Å². The molecule has 4 aliphatic rings. The van der Waals surface area contributed by atoms with E-state index >= 15 is 0 Å². The lowest BCUT2D eigenvalue weighted by molar-refractivity contribution is -0.122. The summed E-state index contributed by atoms with van der Waals surface area (Å²) < 4.78 is 0. The fourth-order valence-corrected chi connectivity index (χ4v) is 6.90. The van der Waals surface area contributed by atoms with E-state index in [9.17, 15) is 4.79 Å². The Hall–Kier alpha value is -0.940. The first-order chi connectivity index (χ1) is 11.8. The molecule has 1 aromatic rings. The fourth-order valence-electron chi connectivity index (χ4n) is 6.09. The van der Waals surface area contributed by atoms with Gasteiger partial charge in [-0.1, -0.05) is 0 Å². The lowest BCUT2D eigenvalue weighted by Gasteiger charge is -2.58. The number of thiazole rings is 1. The van der Waals surface area contributed by atoms with E-state index in [-0.39, 0.29) is 11.9 Å². The Bertz CT molecular complexity index is 613. The molecule has 4 saturated carbocycles. The van der Waals surface area contributed by atoms with Gasteiger partial charge in [-0.15, -0.1) is 11.3 Å². The number of amides is 1. The maximum Gasteiger partial charge on any atom is 0.243 e. The van der Waals surface area contributed by atoms with Crippen molar-refractivity contribution in [1.29, 1.82) is 0 Å². The third-order valence-corrected chi connectivity index (χ3v) is 8.04. The molecule has 1 heterocycles. The van der Waals surface area contributed by atoms with Gasteiger partial charge in [0.25, 0.3) is 0 Å². The van der Waals surface area contributed by atoms with Crippen molar-refractivity contribution < 1.29 is 4.79 Å². The number of hydrogen-bond acceptors (Lipinski definition) is 4. The summed E-state index contributed by atoms with van der Waals surface area (Å²) in [7, 11) is 2.13. The molecule has 0 aromatic carbocycles. The molecule has 1 unspecified atom stereocenters. The number of carbonyl (C=O) groups excluding carboxylic acids is 1. The average molecular weight is 362 g/mol. The Morgan fingerprint density at radius 1 is 1.24 bits per heavy atom. The van der Waals surface area contributed by atoms with E-state index in [0.29, 0.717) is 5.41 Å². The quantitative estimate of drug-likeness (QED) is 0.853. The number of carbonyl (C=O) groups is 1. The number of rotatable bonds is 5. The highest BCUT2D eigenvalue weighted by Gasteiger charge is 2.51. The van der Waals surface area contributed by atoms with Crippen LogP contribution in [0.1, 0.15) is 56.0 Å². The highest BCUT2D eigenvalue weighted by atomic mass is 32.1. The molecule has 0 spiro atoms. The second-order valence-corrected chi connectivity index (χ2v) is 10.4. The lowest BCUT2D eigenvalue weighted by Crippen LogP contribution is -2.53. The van der Waals surface area contributed by atoms with Gasteiger partial charge >= 0.3 is 0 Å². The zero-order valence-electron chi connectivity index (χ0n) is 16.0. The zero-order valence-corrected chi connectivity index (χ0v) is 16.8. The van der Waals surface area contributed by atoms with E-state index in [1.54, 1.807) is 11.3 Å². The van der Waals surface area contributed by atoms with Crippen LogP contribution in [0.5, 0.6) is 0 Å². The predicted molar refractivity (Wildman–Crippen MR) is 103 cm³/mol. The van der Waals surface area contributed by atoms with E-state index in [1.807, 2.05) is 20.8 Å². The molecule has 0 saturated heterocycles. The standard InChI is InChI=1S/C20H31N3OS/c1-12-14(3)25-19(21-12)22-18(24)13(2)23(4)11-20-8-15-5-16(9-20)7-17(6-15)10-20/h13,15-17H,5-11H2,1-4H3,(H,21,22,24). The first-order valence-corrected chi connectivity index (χ1v) is 10.6. The van der Waals surface area contributed by atoms with Crippen molar-refractivity contribution in [2.75, 3.05) is 18.9 Å². The summed E-state index contributed by atoms with van der Waals surface area (Å²) in [5.74, 6) is 2.96. The predicted octanol–water partition coefficient (Wildman–Crippen LogP) is 4.24. The van der Waals surface area contributed by atoms with Crippen LogP contribution in [0.3, 0.4) is 0 Å². The Kier molecular flexibility index (Phi) is 4.43. The number of aromatic nitrogens is 1. The van der Waals surface area contributed by atoms with Gasteiger partial charge in [-0.3, -0.25) is 9.69 Å². The van der Waals surface area contributed by atoms with E-state index in [4.69, 9.17) is 0 Å². The minimum absolute atomic E-state index is 0.0704. The van der Waals surface area contributed by atoms with E-state index in [2.05, 4.69) is 22.2 Å². The molecule has 5 heteroatoms. The summed E-state index contributed by atoms with van der Waals surface area (Å²) in [6.45, 7) is 7.14. The number of hydrogen-bond donors (Lipinski definition) is 1. The van der Waals surface area contributed by atoms with Crippen LogP contribution in [0, 0.1) is 37.0 Å². The van der Waals surface area contributed by atoms with E-state index < -0.39 is 0 Å². The van der Waals surface area contributed by atoms with Gasteiger partial charge in [0.05, 0.1) is 11.7 Å². The molecule has 4 nitrogen and oxygen atoms in total. The van der Waals surface area contributed by atoms with Crippen LogP contribution in [0.2, 0.25) is 0 Å². The van der Waals surface area contributed by atoms with Crippen molar-refractivity contribution in [2.45, 2.75) is 65.3 Å². The zero-order chi connectivity index (χ0) is 17.8. The number of anilines is 1. The number of aryl methyl sites for hydroxylation is 2. The summed E-state index contributed by atoms with van der Waals surface area (Å²) in [5, 5.41) is 3.75. The molecule has 0 radical (unpaired) electrons. The fraction of sp³-hybridized carbons (Fsp3) is 0.800. The molecule has 5 rings (SSSR count). The summed E-state index contributed by atoms with van der Waals surface area (Å²) in [6, 6.07) is -0.113. The molecule has 1 atom stereocenters. The molecular formula is C20H31N3OS. The third-order valence-electron chi connectivity index (χ3n) is 7.05. The largest absolute Gasteiger partial charge is 0.301 e. The summed E-state index contributed by atoms with van der Waals surface area (Å²) in [5.41, 5.74) is 1.49. The second-order valence-electron chi connectivity index (χ2n) is 9.16. The molecule has 25 heavy (non-hydrogen) atoms. The van der Waals surface area contributed by atoms with Gasteiger partial charge in [0.1, 0.15) is 0 Å². The van der Waals surface area contributed by atoms with Crippen molar-refractivity contribution in [1.82, 2.24) is 9.88 Å². The molecule has 0 aliphatic heterocycles. The Morgan fingerprint density at radius 3 is 2.28 bits per heavy atom. The van der Waals surface area contributed by atoms with Crippen LogP contribution in [0.4, 0.5) is 5.13 Å². The van der Waals surface area contributed by atoms with Gasteiger partial charge in [0, 0.05) is 11.4 Å². The Labute approximate surface area is 155 Å². The Morgan fingerprint density at radius 2 is 1.80 bits per heavy atom. The van der Waals surface area contributed by atoms with Crippen LogP contribution < -0.4 is 5.32 Å². The molecule has 1 aromatic heterocycles. The lowest BCUT2D eigenvalue weighted by atomic mass is 9.49. The molecule has 4 bridgehead atoms. The maximum absolute atomic E-state index is 12.7. The highest BCUT2D eigenvalue weighted by Crippen LogP contribution is 2.60. The first kappa shape index (κ1) is 17.5. The molecular weight excluding hydrogens is 330 g/mol. The summed E-state index contributed by atoms with van der Waals surface area (Å²) in [6.07, 6.45) is 8.60. The van der Waals surface area contributed by atoms with Crippen molar-refractivity contribution in [3.05, 3.63) is 10.6 Å². The van der Waals surface area contributed by atoms with Gasteiger partial charge < -0.3 is 5.32 Å². The van der Waals surface area contributed by atoms with Crippen molar-refractivity contribution in [2.24, 2.45) is 23.2 Å². The molecule has 138 valence electrons. The number of nitrogens with zero attached hydrogens (tertiary/aromatic N) is 2. The maximum atomic E-state index is 12.7. The monoisotopic (exact) mass is 361 g/mol. The number of likely N-dealkylation sites (N-methyl/N-ethyl adjacent to an activating group) is 1. The molecule has 4 fully saturated rings. The number of nitrogens with one attached hydrogen (secondary N) is 1. The molecule has 1 N–H and O–H groups in total. The normalized spacial score (nSPS) is 34.5. The smallest absolute Gasteiger partial charge is 0.243 e. The van der Waals surface area contributed by atoms with Crippen molar-refractivity contribution in [3.8, 4) is 0 Å². The molecule has 1 amide bonds. The van der Waals surface area contributed by atoms with E-state index in [1.165, 1.54) is 43.4 Å². The van der Waals surface area contributed by atoms with Crippen LogP contribution in [-0.4, -0.2) is 35.4 Å². The van der Waals surface area contributed by atoms with Crippen LogP contribution in [0.15, 0.2) is 0 Å². The third kappa shape index (κ3) is 3.37. The minimum atomic E-state index is -0.113. The summed E-state index contributed by atoms with van der Waals surface area (Å²) in [4.78, 5) is 20.6. The topological polar surface area (TPSA) is 45.2 Å². The SMILES string of the molecule is Cc1nc(NC(=O)C(C)N(C)CC23CC4CC(CC(C4)C2)C3)sc1C. The van der Waals surface area contributed by atoms with E-state index in [0.717, 1.165) is 35.1 Å². The van der Waals surface area contributed by atoms with Crippen LogP contribution >= 0.6 is 11.3 Å². The van der Waals surface area contributed by atoms with Crippen molar-refractivity contribution >= 4 is 22.4 Å². The van der Waals surface area contributed by atoms with Gasteiger partial charge in [-0.25, -0.2) is 4.98 Å².